The molecule has 0 saturated heterocycles. The molecule has 0 spiro atoms. The highest BCUT2D eigenvalue weighted by atomic mass is 35.5. The SMILES string of the molecule is CCCCC(C)NS(=O)(=O)c1ccc(Cl)c(CN)c1. The fourth-order valence-electron chi connectivity index (χ4n) is 1.78. The van der Waals surface area contributed by atoms with Gasteiger partial charge in [-0.05, 0) is 37.1 Å². The van der Waals surface area contributed by atoms with Crippen LogP contribution in [0.25, 0.3) is 0 Å². The third kappa shape index (κ3) is 4.76. The van der Waals surface area contributed by atoms with Gasteiger partial charge in [-0.25, -0.2) is 13.1 Å². The van der Waals surface area contributed by atoms with Crippen molar-refractivity contribution in [2.24, 2.45) is 5.73 Å². The van der Waals surface area contributed by atoms with Gasteiger partial charge in [-0.15, -0.1) is 0 Å². The minimum absolute atomic E-state index is 0.0815. The molecule has 0 heterocycles. The zero-order chi connectivity index (χ0) is 14.5. The van der Waals surface area contributed by atoms with E-state index in [-0.39, 0.29) is 17.5 Å². The Kier molecular flexibility index (Phi) is 6.26. The fourth-order valence-corrected chi connectivity index (χ4v) is 3.30. The Bertz CT molecular complexity index is 517. The first-order valence-corrected chi connectivity index (χ1v) is 8.27. The van der Waals surface area contributed by atoms with Crippen LogP contribution in [0.4, 0.5) is 0 Å². The summed E-state index contributed by atoms with van der Waals surface area (Å²) in [6.45, 7) is 4.16. The van der Waals surface area contributed by atoms with Crippen LogP contribution >= 0.6 is 11.6 Å². The Labute approximate surface area is 120 Å². The number of nitrogens with two attached hydrogens (primary N) is 1. The number of unbranched alkanes of at least 4 members (excludes halogenated alkanes) is 1. The summed E-state index contributed by atoms with van der Waals surface area (Å²) in [6, 6.07) is 4.50. The monoisotopic (exact) mass is 304 g/mol. The smallest absolute Gasteiger partial charge is 0.240 e. The van der Waals surface area contributed by atoms with Gasteiger partial charge in [0.25, 0.3) is 0 Å². The molecule has 0 radical (unpaired) electrons. The van der Waals surface area contributed by atoms with Crippen LogP contribution < -0.4 is 10.5 Å². The Morgan fingerprint density at radius 2 is 2.11 bits per heavy atom. The van der Waals surface area contributed by atoms with E-state index in [0.717, 1.165) is 19.3 Å². The molecule has 0 aliphatic heterocycles. The molecule has 4 nitrogen and oxygen atoms in total. The maximum atomic E-state index is 12.2. The van der Waals surface area contributed by atoms with Crippen LogP contribution in [0.1, 0.15) is 38.7 Å². The van der Waals surface area contributed by atoms with Crippen molar-refractivity contribution in [3.8, 4) is 0 Å². The minimum atomic E-state index is -3.50. The molecule has 1 rings (SSSR count). The first-order chi connectivity index (χ1) is 8.90. The van der Waals surface area contributed by atoms with Gasteiger partial charge in [-0.3, -0.25) is 0 Å². The number of hydrogen-bond acceptors (Lipinski definition) is 3. The van der Waals surface area contributed by atoms with Crippen LogP contribution in [-0.4, -0.2) is 14.5 Å². The molecule has 0 aliphatic rings. The largest absolute Gasteiger partial charge is 0.326 e. The second-order valence-corrected chi connectivity index (χ2v) is 6.74. The van der Waals surface area contributed by atoms with Gasteiger partial charge in [-0.2, -0.15) is 0 Å². The summed E-state index contributed by atoms with van der Waals surface area (Å²) < 4.78 is 27.0. The van der Waals surface area contributed by atoms with Crippen molar-refractivity contribution in [1.29, 1.82) is 0 Å². The molecule has 1 atom stereocenters. The number of halogens is 1. The molecule has 0 amide bonds. The standard InChI is InChI=1S/C13H21ClN2O2S/c1-3-4-5-10(2)16-19(17,18)12-6-7-13(14)11(8-12)9-15/h6-8,10,16H,3-5,9,15H2,1-2H3. The summed E-state index contributed by atoms with van der Waals surface area (Å²) >= 11 is 5.93. The van der Waals surface area contributed by atoms with Crippen LogP contribution in [0.5, 0.6) is 0 Å². The molecular weight excluding hydrogens is 284 g/mol. The Balaban J connectivity index is 2.88. The van der Waals surface area contributed by atoms with Gasteiger partial charge in [0.1, 0.15) is 0 Å². The average molecular weight is 305 g/mol. The molecule has 1 aromatic carbocycles. The predicted molar refractivity (Wildman–Crippen MR) is 78.7 cm³/mol. The number of nitrogens with one attached hydrogen (secondary N) is 1. The van der Waals surface area contributed by atoms with Crippen molar-refractivity contribution in [3.05, 3.63) is 28.8 Å². The van der Waals surface area contributed by atoms with Crippen LogP contribution in [0.15, 0.2) is 23.1 Å². The topological polar surface area (TPSA) is 72.2 Å². The third-order valence-electron chi connectivity index (χ3n) is 2.89. The van der Waals surface area contributed by atoms with E-state index in [0.29, 0.717) is 10.6 Å². The lowest BCUT2D eigenvalue weighted by atomic mass is 10.2. The van der Waals surface area contributed by atoms with Crippen LogP contribution in [0.3, 0.4) is 0 Å². The summed E-state index contributed by atoms with van der Waals surface area (Å²) in [5.41, 5.74) is 6.16. The van der Waals surface area contributed by atoms with E-state index >= 15 is 0 Å². The van der Waals surface area contributed by atoms with Crippen LogP contribution in [0, 0.1) is 0 Å². The maximum absolute atomic E-state index is 12.2. The van der Waals surface area contributed by atoms with Crippen molar-refractivity contribution in [1.82, 2.24) is 4.72 Å². The summed E-state index contributed by atoms with van der Waals surface area (Å²) in [5.74, 6) is 0. The summed E-state index contributed by atoms with van der Waals surface area (Å²) in [7, 11) is -3.50. The van der Waals surface area contributed by atoms with E-state index < -0.39 is 10.0 Å². The molecule has 6 heteroatoms. The van der Waals surface area contributed by atoms with Gasteiger partial charge >= 0.3 is 0 Å². The molecule has 1 aromatic rings. The van der Waals surface area contributed by atoms with Crippen molar-refractivity contribution in [2.75, 3.05) is 0 Å². The van der Waals surface area contributed by atoms with Crippen LogP contribution in [-0.2, 0) is 16.6 Å². The average Bonchev–Trinajstić information content (AvgIpc) is 2.36. The first-order valence-electron chi connectivity index (χ1n) is 6.41. The minimum Gasteiger partial charge on any atom is -0.326 e. The molecule has 19 heavy (non-hydrogen) atoms. The van der Waals surface area contributed by atoms with Gasteiger partial charge in [0, 0.05) is 17.6 Å². The van der Waals surface area contributed by atoms with Gasteiger partial charge < -0.3 is 5.73 Å². The van der Waals surface area contributed by atoms with E-state index in [9.17, 15) is 8.42 Å². The second-order valence-electron chi connectivity index (χ2n) is 4.62. The molecule has 0 bridgehead atoms. The molecule has 0 aliphatic carbocycles. The molecule has 108 valence electrons. The summed E-state index contributed by atoms with van der Waals surface area (Å²) in [6.07, 6.45) is 2.87. The van der Waals surface area contributed by atoms with Gasteiger partial charge in [0.05, 0.1) is 4.90 Å². The van der Waals surface area contributed by atoms with Gasteiger partial charge in [0.2, 0.25) is 10.0 Å². The zero-order valence-corrected chi connectivity index (χ0v) is 12.9. The summed E-state index contributed by atoms with van der Waals surface area (Å²) in [5, 5.41) is 0.487. The lowest BCUT2D eigenvalue weighted by Crippen LogP contribution is -2.32. The van der Waals surface area contributed by atoms with Gasteiger partial charge in [0.15, 0.2) is 0 Å². The van der Waals surface area contributed by atoms with E-state index in [4.69, 9.17) is 17.3 Å². The van der Waals surface area contributed by atoms with Crippen molar-refractivity contribution in [2.45, 2.75) is 50.6 Å². The molecule has 0 fully saturated rings. The predicted octanol–water partition coefficient (Wildman–Crippen LogP) is 2.66. The number of sulfonamides is 1. The molecule has 0 saturated carbocycles. The fraction of sp³-hybridized carbons (Fsp3) is 0.538. The quantitative estimate of drug-likeness (QED) is 0.813. The molecular formula is C13H21ClN2O2S. The Hall–Kier alpha value is -0.620. The highest BCUT2D eigenvalue weighted by molar-refractivity contribution is 7.89. The third-order valence-corrected chi connectivity index (χ3v) is 4.85. The Morgan fingerprint density at radius 1 is 1.42 bits per heavy atom. The first kappa shape index (κ1) is 16.4. The van der Waals surface area contributed by atoms with Crippen molar-refractivity contribution >= 4 is 21.6 Å². The highest BCUT2D eigenvalue weighted by Gasteiger charge is 2.18. The number of hydrogen-bond donors (Lipinski definition) is 2. The van der Waals surface area contributed by atoms with E-state index in [2.05, 4.69) is 11.6 Å². The number of benzene rings is 1. The molecule has 1 unspecified atom stereocenters. The van der Waals surface area contributed by atoms with E-state index in [1.807, 2.05) is 6.92 Å². The van der Waals surface area contributed by atoms with Crippen molar-refractivity contribution in [3.63, 3.8) is 0 Å². The second kappa shape index (κ2) is 7.24. The highest BCUT2D eigenvalue weighted by Crippen LogP contribution is 2.20. The zero-order valence-electron chi connectivity index (χ0n) is 11.3. The normalized spacial score (nSPS) is 13.5. The van der Waals surface area contributed by atoms with E-state index in [1.165, 1.54) is 12.1 Å². The Morgan fingerprint density at radius 3 is 2.68 bits per heavy atom. The lowest BCUT2D eigenvalue weighted by Gasteiger charge is -2.14. The summed E-state index contributed by atoms with van der Waals surface area (Å²) in [4.78, 5) is 0.209. The van der Waals surface area contributed by atoms with E-state index in [1.54, 1.807) is 6.07 Å². The molecule has 3 N–H and O–H groups in total. The van der Waals surface area contributed by atoms with Crippen molar-refractivity contribution < 1.29 is 8.42 Å². The maximum Gasteiger partial charge on any atom is 0.240 e. The van der Waals surface area contributed by atoms with Crippen LogP contribution in [0.2, 0.25) is 5.02 Å². The lowest BCUT2D eigenvalue weighted by molar-refractivity contribution is 0.534. The number of rotatable bonds is 7. The molecule has 0 aromatic heterocycles. The van der Waals surface area contributed by atoms with Gasteiger partial charge in [-0.1, -0.05) is 31.4 Å².